The summed E-state index contributed by atoms with van der Waals surface area (Å²) in [5.41, 5.74) is 2.15. The summed E-state index contributed by atoms with van der Waals surface area (Å²) in [6.45, 7) is 9.23. The van der Waals surface area contributed by atoms with Gasteiger partial charge in [-0.3, -0.25) is 9.69 Å². The third-order valence-electron chi connectivity index (χ3n) is 5.75. The van der Waals surface area contributed by atoms with Crippen molar-refractivity contribution in [2.24, 2.45) is 0 Å². The van der Waals surface area contributed by atoms with Crippen molar-refractivity contribution >= 4 is 18.0 Å². The molecule has 7 heteroatoms. The molecule has 0 aromatic heterocycles. The molecule has 0 bridgehead atoms. The Bertz CT molecular complexity index is 1000. The number of carbonyl (C=O) groups excluding carboxylic acids is 3. The predicted molar refractivity (Wildman–Crippen MR) is 136 cm³/mol. The Morgan fingerprint density at radius 3 is 2.03 bits per heavy atom. The van der Waals surface area contributed by atoms with E-state index in [2.05, 4.69) is 0 Å². The van der Waals surface area contributed by atoms with E-state index in [0.717, 1.165) is 16.7 Å². The molecular weight excluding hydrogens is 444 g/mol. The fourth-order valence-corrected chi connectivity index (χ4v) is 3.74. The first-order valence-corrected chi connectivity index (χ1v) is 11.9. The van der Waals surface area contributed by atoms with Gasteiger partial charge in [0.05, 0.1) is 6.61 Å². The fraction of sp³-hybridized carbons (Fsp3) is 0.464. The summed E-state index contributed by atoms with van der Waals surface area (Å²) in [5.74, 6) is -0.848. The van der Waals surface area contributed by atoms with Crippen LogP contribution in [0.1, 0.15) is 44.4 Å². The molecule has 190 valence electrons. The van der Waals surface area contributed by atoms with Gasteiger partial charge >= 0.3 is 12.1 Å². The van der Waals surface area contributed by atoms with Crippen LogP contribution in [0.15, 0.2) is 54.6 Å². The number of carbonyl (C=O) groups is 3. The van der Waals surface area contributed by atoms with Crippen LogP contribution in [-0.2, 0) is 31.9 Å². The standard InChI is InChI=1S/C28H38N2O5/c1-8-34-26(32)24(19-22-17-13-12-14-20(22)2)29(6)25(31)23(18-21-15-10-9-11-16-21)30(7)27(33)35-28(3,4)5/h9-17,23-24H,8,18-19H2,1-7H3/t23-,24?/m0/s1. The van der Waals surface area contributed by atoms with Gasteiger partial charge in [-0.15, -0.1) is 0 Å². The minimum atomic E-state index is -0.869. The topological polar surface area (TPSA) is 76.2 Å². The third kappa shape index (κ3) is 8.12. The Hall–Kier alpha value is -3.35. The number of hydrogen-bond acceptors (Lipinski definition) is 5. The largest absolute Gasteiger partial charge is 0.464 e. The second-order valence-corrected chi connectivity index (χ2v) is 9.64. The van der Waals surface area contributed by atoms with Crippen LogP contribution in [0.5, 0.6) is 0 Å². The summed E-state index contributed by atoms with van der Waals surface area (Å²) in [7, 11) is 3.14. The van der Waals surface area contributed by atoms with Gasteiger partial charge < -0.3 is 14.4 Å². The van der Waals surface area contributed by atoms with Crippen LogP contribution in [0.2, 0.25) is 0 Å². The molecule has 0 spiro atoms. The number of aryl methyl sites for hydroxylation is 1. The van der Waals surface area contributed by atoms with Gasteiger partial charge in [-0.2, -0.15) is 0 Å². The smallest absolute Gasteiger partial charge is 0.410 e. The fourth-order valence-electron chi connectivity index (χ4n) is 3.74. The lowest BCUT2D eigenvalue weighted by Crippen LogP contribution is -2.55. The molecule has 1 unspecified atom stereocenters. The Balaban J connectivity index is 2.39. The van der Waals surface area contributed by atoms with Crippen LogP contribution in [0, 0.1) is 6.92 Å². The molecule has 0 saturated carbocycles. The molecule has 7 nitrogen and oxygen atoms in total. The monoisotopic (exact) mass is 482 g/mol. The maximum atomic E-state index is 13.9. The highest BCUT2D eigenvalue weighted by atomic mass is 16.6. The average Bonchev–Trinajstić information content (AvgIpc) is 2.80. The lowest BCUT2D eigenvalue weighted by atomic mass is 9.98. The van der Waals surface area contributed by atoms with Crippen LogP contribution in [0.3, 0.4) is 0 Å². The van der Waals surface area contributed by atoms with Crippen LogP contribution in [0.4, 0.5) is 4.79 Å². The highest BCUT2D eigenvalue weighted by Gasteiger charge is 2.37. The van der Waals surface area contributed by atoms with E-state index in [-0.39, 0.29) is 18.9 Å². The molecule has 0 aliphatic heterocycles. The zero-order valence-corrected chi connectivity index (χ0v) is 21.9. The van der Waals surface area contributed by atoms with Crippen LogP contribution in [0.25, 0.3) is 0 Å². The minimum Gasteiger partial charge on any atom is -0.464 e. The first-order valence-electron chi connectivity index (χ1n) is 11.9. The molecule has 2 rings (SSSR count). The molecule has 0 saturated heterocycles. The molecule has 0 radical (unpaired) electrons. The summed E-state index contributed by atoms with van der Waals surface area (Å²) >= 11 is 0. The molecule has 0 heterocycles. The Kier molecular flexibility index (Phi) is 9.87. The maximum absolute atomic E-state index is 13.9. The molecule has 2 amide bonds. The zero-order chi connectivity index (χ0) is 26.2. The van der Waals surface area contributed by atoms with Crippen LogP contribution < -0.4 is 0 Å². The number of hydrogen-bond donors (Lipinski definition) is 0. The van der Waals surface area contributed by atoms with Gasteiger partial charge in [0.15, 0.2) is 0 Å². The number of amides is 2. The molecule has 2 aromatic rings. The van der Waals surface area contributed by atoms with Crippen molar-refractivity contribution in [1.29, 1.82) is 0 Å². The Labute approximate surface area is 209 Å². The number of likely N-dealkylation sites (N-methyl/N-ethyl adjacent to an activating group) is 2. The first kappa shape index (κ1) is 27.9. The second kappa shape index (κ2) is 12.4. The van der Waals surface area contributed by atoms with E-state index in [1.54, 1.807) is 41.8 Å². The van der Waals surface area contributed by atoms with E-state index in [1.807, 2.05) is 61.5 Å². The molecular formula is C28H38N2O5. The quantitative estimate of drug-likeness (QED) is 0.495. The summed E-state index contributed by atoms with van der Waals surface area (Å²) < 4.78 is 10.9. The van der Waals surface area contributed by atoms with Crippen molar-refractivity contribution in [2.75, 3.05) is 20.7 Å². The molecule has 35 heavy (non-hydrogen) atoms. The summed E-state index contributed by atoms with van der Waals surface area (Å²) in [5, 5.41) is 0. The zero-order valence-electron chi connectivity index (χ0n) is 21.9. The molecule has 2 aromatic carbocycles. The van der Waals surface area contributed by atoms with Crippen molar-refractivity contribution in [3.05, 3.63) is 71.3 Å². The van der Waals surface area contributed by atoms with E-state index < -0.39 is 29.7 Å². The van der Waals surface area contributed by atoms with Crippen molar-refractivity contribution < 1.29 is 23.9 Å². The van der Waals surface area contributed by atoms with Crippen LogP contribution in [-0.4, -0.2) is 66.2 Å². The minimum absolute atomic E-state index is 0.205. The highest BCUT2D eigenvalue weighted by molar-refractivity contribution is 5.90. The van der Waals surface area contributed by atoms with Gasteiger partial charge in [0.25, 0.3) is 0 Å². The second-order valence-electron chi connectivity index (χ2n) is 9.64. The summed E-state index contributed by atoms with van der Waals surface area (Å²) in [6, 6.07) is 15.5. The average molecular weight is 483 g/mol. The van der Waals surface area contributed by atoms with Crippen molar-refractivity contribution in [1.82, 2.24) is 9.80 Å². The van der Waals surface area contributed by atoms with Crippen molar-refractivity contribution in [2.45, 2.75) is 65.1 Å². The number of benzene rings is 2. The van der Waals surface area contributed by atoms with E-state index >= 15 is 0 Å². The number of esters is 1. The molecule has 0 aliphatic rings. The number of rotatable bonds is 9. The predicted octanol–water partition coefficient (Wildman–Crippen LogP) is 4.41. The third-order valence-corrected chi connectivity index (χ3v) is 5.75. The Morgan fingerprint density at radius 1 is 0.857 bits per heavy atom. The van der Waals surface area contributed by atoms with Gasteiger partial charge in [0.2, 0.25) is 5.91 Å². The molecule has 0 fully saturated rings. The molecule has 2 atom stereocenters. The lowest BCUT2D eigenvalue weighted by molar-refractivity contribution is -0.155. The maximum Gasteiger partial charge on any atom is 0.410 e. The molecule has 0 aliphatic carbocycles. The van der Waals surface area contributed by atoms with Gasteiger partial charge in [0, 0.05) is 26.9 Å². The van der Waals surface area contributed by atoms with Gasteiger partial charge in [-0.25, -0.2) is 9.59 Å². The normalized spacial score (nSPS) is 12.9. The first-order chi connectivity index (χ1) is 16.4. The van der Waals surface area contributed by atoms with Gasteiger partial charge in [-0.1, -0.05) is 54.6 Å². The highest BCUT2D eigenvalue weighted by Crippen LogP contribution is 2.19. The summed E-state index contributed by atoms with van der Waals surface area (Å²) in [6.07, 6.45) is -0.0199. The number of nitrogens with zero attached hydrogens (tertiary/aromatic N) is 2. The van der Waals surface area contributed by atoms with E-state index in [1.165, 1.54) is 9.80 Å². The SMILES string of the molecule is CCOC(=O)C(Cc1ccccc1C)N(C)C(=O)[C@H](Cc1ccccc1)N(C)C(=O)OC(C)(C)C. The van der Waals surface area contributed by atoms with Gasteiger partial charge in [0.1, 0.15) is 17.7 Å². The van der Waals surface area contributed by atoms with Crippen LogP contribution >= 0.6 is 0 Å². The van der Waals surface area contributed by atoms with Crippen molar-refractivity contribution in [3.63, 3.8) is 0 Å². The number of ether oxygens (including phenoxy) is 2. The van der Waals surface area contributed by atoms with E-state index in [4.69, 9.17) is 9.47 Å². The van der Waals surface area contributed by atoms with E-state index in [9.17, 15) is 14.4 Å². The van der Waals surface area contributed by atoms with E-state index in [0.29, 0.717) is 6.42 Å². The Morgan fingerprint density at radius 2 is 1.46 bits per heavy atom. The summed E-state index contributed by atoms with van der Waals surface area (Å²) in [4.78, 5) is 42.4. The van der Waals surface area contributed by atoms with Gasteiger partial charge in [-0.05, 0) is 51.3 Å². The molecule has 0 N–H and O–H groups in total. The lowest BCUT2D eigenvalue weighted by Gasteiger charge is -2.35. The van der Waals surface area contributed by atoms with Crippen molar-refractivity contribution in [3.8, 4) is 0 Å².